The standard InChI is InChI=1S/C23H25N3O4/c1-15(2)17-8-10-19(11-9-17)30-14-16-6-5-7-18(12-16)22(27)25-20-13-24-26(3)21(20)23(28)29-4/h5-13,15H,14H2,1-4H3,(H,25,27). The second-order valence-corrected chi connectivity index (χ2v) is 7.19. The zero-order chi connectivity index (χ0) is 21.7. The van der Waals surface area contributed by atoms with E-state index in [-0.39, 0.29) is 11.6 Å². The summed E-state index contributed by atoms with van der Waals surface area (Å²) in [7, 11) is 2.88. The lowest BCUT2D eigenvalue weighted by Gasteiger charge is -2.10. The van der Waals surface area contributed by atoms with Crippen molar-refractivity contribution < 1.29 is 19.1 Å². The number of carbonyl (C=O) groups excluding carboxylic acids is 2. The Balaban J connectivity index is 1.68. The van der Waals surface area contributed by atoms with Crippen LogP contribution in [-0.4, -0.2) is 28.8 Å². The molecule has 7 heteroatoms. The first-order chi connectivity index (χ1) is 14.4. The van der Waals surface area contributed by atoms with Crippen molar-refractivity contribution in [2.24, 2.45) is 7.05 Å². The summed E-state index contributed by atoms with van der Waals surface area (Å²) in [5.74, 6) is 0.313. The van der Waals surface area contributed by atoms with Gasteiger partial charge in [-0.25, -0.2) is 4.79 Å². The van der Waals surface area contributed by atoms with Crippen LogP contribution in [0.3, 0.4) is 0 Å². The number of amides is 1. The molecule has 0 unspecified atom stereocenters. The van der Waals surface area contributed by atoms with Crippen LogP contribution in [0.1, 0.15) is 51.7 Å². The fourth-order valence-electron chi connectivity index (χ4n) is 2.98. The maximum Gasteiger partial charge on any atom is 0.358 e. The van der Waals surface area contributed by atoms with Crippen LogP contribution < -0.4 is 10.1 Å². The van der Waals surface area contributed by atoms with Crippen molar-refractivity contribution in [2.75, 3.05) is 12.4 Å². The Bertz CT molecular complexity index is 1040. The van der Waals surface area contributed by atoms with Crippen molar-refractivity contribution in [3.8, 4) is 5.75 Å². The van der Waals surface area contributed by atoms with Crippen molar-refractivity contribution in [3.05, 3.63) is 77.1 Å². The molecule has 1 heterocycles. The molecule has 0 radical (unpaired) electrons. The number of esters is 1. The van der Waals surface area contributed by atoms with Gasteiger partial charge in [0.05, 0.1) is 19.0 Å². The third-order valence-electron chi connectivity index (χ3n) is 4.71. The smallest absolute Gasteiger partial charge is 0.358 e. The van der Waals surface area contributed by atoms with Gasteiger partial charge in [0.25, 0.3) is 5.91 Å². The van der Waals surface area contributed by atoms with Gasteiger partial charge in [0.2, 0.25) is 0 Å². The van der Waals surface area contributed by atoms with E-state index in [2.05, 4.69) is 36.4 Å². The Labute approximate surface area is 175 Å². The van der Waals surface area contributed by atoms with Crippen LogP contribution in [-0.2, 0) is 18.4 Å². The first-order valence-corrected chi connectivity index (χ1v) is 9.62. The molecule has 0 aliphatic rings. The molecule has 0 bridgehead atoms. The van der Waals surface area contributed by atoms with Crippen LogP contribution in [0.25, 0.3) is 0 Å². The number of aryl methyl sites for hydroxylation is 1. The highest BCUT2D eigenvalue weighted by atomic mass is 16.5. The molecule has 0 aliphatic carbocycles. The first-order valence-electron chi connectivity index (χ1n) is 9.62. The number of nitrogens with zero attached hydrogens (tertiary/aromatic N) is 2. The van der Waals surface area contributed by atoms with Crippen molar-refractivity contribution in [1.82, 2.24) is 9.78 Å². The average Bonchev–Trinajstić information content (AvgIpc) is 3.12. The lowest BCUT2D eigenvalue weighted by molar-refractivity contribution is 0.0589. The van der Waals surface area contributed by atoms with Gasteiger partial charge in [-0.3, -0.25) is 9.48 Å². The van der Waals surface area contributed by atoms with E-state index < -0.39 is 5.97 Å². The molecule has 30 heavy (non-hydrogen) atoms. The fourth-order valence-corrected chi connectivity index (χ4v) is 2.98. The maximum absolute atomic E-state index is 12.7. The SMILES string of the molecule is COC(=O)c1c(NC(=O)c2cccc(COc3ccc(C(C)C)cc3)c2)cnn1C. The second-order valence-electron chi connectivity index (χ2n) is 7.19. The van der Waals surface area contributed by atoms with Crippen molar-refractivity contribution in [3.63, 3.8) is 0 Å². The molecule has 0 saturated heterocycles. The molecule has 0 atom stereocenters. The van der Waals surface area contributed by atoms with Gasteiger partial charge in [-0.05, 0) is 41.3 Å². The predicted octanol–water partition coefficient (Wildman–Crippen LogP) is 4.16. The van der Waals surface area contributed by atoms with Crippen LogP contribution in [0.2, 0.25) is 0 Å². The molecule has 2 aromatic carbocycles. The summed E-state index contributed by atoms with van der Waals surface area (Å²) in [5, 5.41) is 6.73. The highest BCUT2D eigenvalue weighted by Gasteiger charge is 2.19. The quantitative estimate of drug-likeness (QED) is 0.595. The van der Waals surface area contributed by atoms with Crippen LogP contribution in [0.5, 0.6) is 5.75 Å². The monoisotopic (exact) mass is 407 g/mol. The zero-order valence-electron chi connectivity index (χ0n) is 17.5. The summed E-state index contributed by atoms with van der Waals surface area (Å²) in [4.78, 5) is 24.6. The molecule has 7 nitrogen and oxygen atoms in total. The Kier molecular flexibility index (Phi) is 6.51. The van der Waals surface area contributed by atoms with Crippen LogP contribution in [0.15, 0.2) is 54.7 Å². The summed E-state index contributed by atoms with van der Waals surface area (Å²) >= 11 is 0. The highest BCUT2D eigenvalue weighted by molar-refractivity contribution is 6.07. The van der Waals surface area contributed by atoms with Gasteiger partial charge >= 0.3 is 5.97 Å². The number of nitrogens with one attached hydrogen (secondary N) is 1. The van der Waals surface area contributed by atoms with E-state index in [1.54, 1.807) is 25.2 Å². The Hall–Kier alpha value is -3.61. The molecule has 1 amide bonds. The minimum Gasteiger partial charge on any atom is -0.489 e. The molecular weight excluding hydrogens is 382 g/mol. The zero-order valence-corrected chi connectivity index (χ0v) is 17.5. The predicted molar refractivity (Wildman–Crippen MR) is 114 cm³/mol. The summed E-state index contributed by atoms with van der Waals surface area (Å²) < 4.78 is 11.9. The number of rotatable bonds is 7. The second kappa shape index (κ2) is 9.26. The molecule has 0 fully saturated rings. The molecule has 3 rings (SSSR count). The summed E-state index contributed by atoms with van der Waals surface area (Å²) in [5.41, 5.74) is 3.03. The van der Waals surface area contributed by atoms with Gasteiger partial charge < -0.3 is 14.8 Å². The number of methoxy groups -OCH3 is 1. The molecule has 1 N–H and O–H groups in total. The normalized spacial score (nSPS) is 10.7. The van der Waals surface area contributed by atoms with E-state index in [0.717, 1.165) is 11.3 Å². The van der Waals surface area contributed by atoms with E-state index in [1.165, 1.54) is 23.6 Å². The third-order valence-corrected chi connectivity index (χ3v) is 4.71. The number of aromatic nitrogens is 2. The van der Waals surface area contributed by atoms with Crippen molar-refractivity contribution >= 4 is 17.6 Å². The van der Waals surface area contributed by atoms with E-state index in [0.29, 0.717) is 23.8 Å². The molecule has 3 aromatic rings. The largest absolute Gasteiger partial charge is 0.489 e. The molecule has 0 saturated carbocycles. The van der Waals surface area contributed by atoms with E-state index in [1.807, 2.05) is 18.2 Å². The van der Waals surface area contributed by atoms with Crippen LogP contribution >= 0.6 is 0 Å². The van der Waals surface area contributed by atoms with E-state index in [9.17, 15) is 9.59 Å². The first kappa shape index (κ1) is 21.1. The topological polar surface area (TPSA) is 82.4 Å². The van der Waals surface area contributed by atoms with Gasteiger partial charge in [0.1, 0.15) is 12.4 Å². The number of hydrogen-bond donors (Lipinski definition) is 1. The lowest BCUT2D eigenvalue weighted by atomic mass is 10.0. The van der Waals surface area contributed by atoms with E-state index in [4.69, 9.17) is 9.47 Å². The van der Waals surface area contributed by atoms with Gasteiger partial charge in [0.15, 0.2) is 5.69 Å². The van der Waals surface area contributed by atoms with Crippen molar-refractivity contribution in [2.45, 2.75) is 26.4 Å². The fraction of sp³-hybridized carbons (Fsp3) is 0.261. The number of benzene rings is 2. The van der Waals surface area contributed by atoms with Crippen molar-refractivity contribution in [1.29, 1.82) is 0 Å². The summed E-state index contributed by atoms with van der Waals surface area (Å²) in [6, 6.07) is 15.1. The van der Waals surface area contributed by atoms with Gasteiger partial charge in [-0.1, -0.05) is 38.1 Å². The highest BCUT2D eigenvalue weighted by Crippen LogP contribution is 2.20. The maximum atomic E-state index is 12.7. The Morgan fingerprint density at radius 2 is 1.87 bits per heavy atom. The number of ether oxygens (including phenoxy) is 2. The average molecular weight is 407 g/mol. The molecular formula is C23H25N3O4. The number of carbonyl (C=O) groups is 2. The van der Waals surface area contributed by atoms with Gasteiger partial charge in [-0.2, -0.15) is 5.10 Å². The molecule has 1 aromatic heterocycles. The summed E-state index contributed by atoms with van der Waals surface area (Å²) in [6.07, 6.45) is 1.41. The van der Waals surface area contributed by atoms with E-state index >= 15 is 0 Å². The molecule has 156 valence electrons. The molecule has 0 aliphatic heterocycles. The minimum atomic E-state index is -0.573. The number of hydrogen-bond acceptors (Lipinski definition) is 5. The van der Waals surface area contributed by atoms with Crippen LogP contribution in [0.4, 0.5) is 5.69 Å². The van der Waals surface area contributed by atoms with Gasteiger partial charge in [0, 0.05) is 12.6 Å². The van der Waals surface area contributed by atoms with Crippen LogP contribution in [0, 0.1) is 0 Å². The Morgan fingerprint density at radius 1 is 1.13 bits per heavy atom. The number of anilines is 1. The van der Waals surface area contributed by atoms with Gasteiger partial charge in [-0.15, -0.1) is 0 Å². The minimum absolute atomic E-state index is 0.176. The summed E-state index contributed by atoms with van der Waals surface area (Å²) in [6.45, 7) is 4.63. The third kappa shape index (κ3) is 4.86. The molecule has 0 spiro atoms. The lowest BCUT2D eigenvalue weighted by Crippen LogP contribution is -2.16. The Morgan fingerprint density at radius 3 is 2.53 bits per heavy atom.